The Bertz CT molecular complexity index is 647. The van der Waals surface area contributed by atoms with Crippen molar-refractivity contribution < 1.29 is 4.74 Å². The first-order valence-corrected chi connectivity index (χ1v) is 5.92. The summed E-state index contributed by atoms with van der Waals surface area (Å²) in [5.41, 5.74) is 2.67. The van der Waals surface area contributed by atoms with Crippen LogP contribution in [0, 0.1) is 6.92 Å². The Labute approximate surface area is 111 Å². The van der Waals surface area contributed by atoms with Gasteiger partial charge in [0, 0.05) is 13.1 Å². The van der Waals surface area contributed by atoms with E-state index in [4.69, 9.17) is 16.3 Å². The van der Waals surface area contributed by atoms with Crippen LogP contribution in [0.5, 0.6) is 5.75 Å². The summed E-state index contributed by atoms with van der Waals surface area (Å²) >= 11 is 6.01. The number of aryl methyl sites for hydroxylation is 1. The van der Waals surface area contributed by atoms with Crippen molar-refractivity contribution in [2.45, 2.75) is 6.92 Å². The zero-order chi connectivity index (χ0) is 13.3. The van der Waals surface area contributed by atoms with Crippen LogP contribution in [0.2, 0.25) is 5.15 Å². The molecule has 3 nitrogen and oxygen atoms in total. The maximum Gasteiger partial charge on any atom is 0.252 e. The summed E-state index contributed by atoms with van der Waals surface area (Å²) in [6.07, 6.45) is 0. The quantitative estimate of drug-likeness (QED) is 0.780. The number of ether oxygens (including phenoxy) is 1. The van der Waals surface area contributed by atoms with Gasteiger partial charge in [-0.15, -0.1) is 0 Å². The van der Waals surface area contributed by atoms with Crippen LogP contribution in [-0.4, -0.2) is 11.7 Å². The fourth-order valence-electron chi connectivity index (χ4n) is 1.83. The van der Waals surface area contributed by atoms with E-state index in [1.807, 2.05) is 25.1 Å². The Morgan fingerprint density at radius 2 is 1.89 bits per heavy atom. The second kappa shape index (κ2) is 4.86. The molecule has 0 unspecified atom stereocenters. The second-order valence-electron chi connectivity index (χ2n) is 4.15. The molecule has 0 spiro atoms. The van der Waals surface area contributed by atoms with Crippen LogP contribution in [0.4, 0.5) is 0 Å². The molecule has 1 aromatic carbocycles. The minimum atomic E-state index is -0.119. The number of nitrogens with zero attached hydrogens (tertiary/aromatic N) is 1. The molecule has 0 saturated heterocycles. The summed E-state index contributed by atoms with van der Waals surface area (Å²) in [5, 5.41) is 0.422. The molecule has 0 aliphatic carbocycles. The average Bonchev–Trinajstić information content (AvgIpc) is 2.35. The third kappa shape index (κ3) is 2.27. The molecule has 0 fully saturated rings. The largest absolute Gasteiger partial charge is 0.496 e. The molecule has 2 aromatic rings. The van der Waals surface area contributed by atoms with Crippen LogP contribution in [0.3, 0.4) is 0 Å². The van der Waals surface area contributed by atoms with Crippen molar-refractivity contribution in [2.24, 2.45) is 7.05 Å². The lowest BCUT2D eigenvalue weighted by Gasteiger charge is -2.09. The van der Waals surface area contributed by atoms with E-state index < -0.39 is 0 Å². The highest BCUT2D eigenvalue weighted by molar-refractivity contribution is 6.29. The summed E-state index contributed by atoms with van der Waals surface area (Å²) in [4.78, 5) is 11.7. The number of halogens is 1. The molecule has 0 bridgehead atoms. The van der Waals surface area contributed by atoms with E-state index in [1.165, 1.54) is 4.57 Å². The molecule has 0 aliphatic heterocycles. The van der Waals surface area contributed by atoms with E-state index >= 15 is 0 Å². The van der Waals surface area contributed by atoms with Crippen molar-refractivity contribution in [3.8, 4) is 16.9 Å². The third-order valence-electron chi connectivity index (χ3n) is 2.93. The lowest BCUT2D eigenvalue weighted by Crippen LogP contribution is -2.15. The Hall–Kier alpha value is -1.74. The number of methoxy groups -OCH3 is 1. The zero-order valence-electron chi connectivity index (χ0n) is 10.5. The number of hydrogen-bond acceptors (Lipinski definition) is 2. The Kier molecular flexibility index (Phi) is 3.43. The molecule has 0 N–H and O–H groups in total. The molecule has 4 heteroatoms. The highest BCUT2D eigenvalue weighted by Gasteiger charge is 2.06. The minimum absolute atomic E-state index is 0.119. The van der Waals surface area contributed by atoms with Gasteiger partial charge in [-0.05, 0) is 41.8 Å². The first kappa shape index (κ1) is 12.7. The molecule has 0 amide bonds. The summed E-state index contributed by atoms with van der Waals surface area (Å²) in [6, 6.07) is 9.13. The van der Waals surface area contributed by atoms with Gasteiger partial charge < -0.3 is 9.30 Å². The summed E-state index contributed by atoms with van der Waals surface area (Å²) in [7, 11) is 3.28. The fraction of sp³-hybridized carbons (Fsp3) is 0.214. The Morgan fingerprint density at radius 3 is 2.44 bits per heavy atom. The van der Waals surface area contributed by atoms with Gasteiger partial charge in [-0.2, -0.15) is 0 Å². The predicted molar refractivity (Wildman–Crippen MR) is 73.4 cm³/mol. The molecule has 18 heavy (non-hydrogen) atoms. The van der Waals surface area contributed by atoms with Crippen molar-refractivity contribution in [3.63, 3.8) is 0 Å². The van der Waals surface area contributed by atoms with Crippen LogP contribution < -0.4 is 10.3 Å². The highest BCUT2D eigenvalue weighted by atomic mass is 35.5. The number of pyridine rings is 1. The van der Waals surface area contributed by atoms with Gasteiger partial charge in [0.15, 0.2) is 0 Å². The average molecular weight is 264 g/mol. The smallest absolute Gasteiger partial charge is 0.252 e. The number of benzene rings is 1. The van der Waals surface area contributed by atoms with E-state index in [9.17, 15) is 4.79 Å². The van der Waals surface area contributed by atoms with Crippen molar-refractivity contribution in [3.05, 3.63) is 51.4 Å². The zero-order valence-corrected chi connectivity index (χ0v) is 11.3. The standard InChI is InChI=1S/C14H14ClNO2/c1-9-6-10(4-5-12(9)18-3)11-7-13(15)16(2)14(17)8-11/h4-8H,1-3H3. The monoisotopic (exact) mass is 263 g/mol. The van der Waals surface area contributed by atoms with E-state index in [1.54, 1.807) is 26.3 Å². The molecule has 0 radical (unpaired) electrons. The molecule has 0 saturated carbocycles. The normalized spacial score (nSPS) is 10.4. The maximum atomic E-state index is 11.7. The topological polar surface area (TPSA) is 31.2 Å². The first-order chi connectivity index (χ1) is 8.52. The third-order valence-corrected chi connectivity index (χ3v) is 3.30. The Balaban J connectivity index is 2.56. The number of rotatable bonds is 2. The SMILES string of the molecule is COc1ccc(-c2cc(Cl)n(C)c(=O)c2)cc1C. The molecule has 1 aromatic heterocycles. The fourth-order valence-corrected chi connectivity index (χ4v) is 2.03. The van der Waals surface area contributed by atoms with Crippen molar-refractivity contribution in [1.82, 2.24) is 4.57 Å². The van der Waals surface area contributed by atoms with E-state index in [0.717, 1.165) is 22.4 Å². The second-order valence-corrected chi connectivity index (χ2v) is 4.54. The van der Waals surface area contributed by atoms with Crippen molar-refractivity contribution in [1.29, 1.82) is 0 Å². The van der Waals surface area contributed by atoms with Gasteiger partial charge in [-0.25, -0.2) is 0 Å². The van der Waals surface area contributed by atoms with Gasteiger partial charge >= 0.3 is 0 Å². The summed E-state index contributed by atoms with van der Waals surface area (Å²) in [5.74, 6) is 0.827. The highest BCUT2D eigenvalue weighted by Crippen LogP contribution is 2.26. The van der Waals surface area contributed by atoms with Gasteiger partial charge in [-0.1, -0.05) is 17.7 Å². The number of hydrogen-bond donors (Lipinski definition) is 0. The van der Waals surface area contributed by atoms with Gasteiger partial charge in [0.2, 0.25) is 0 Å². The van der Waals surface area contributed by atoms with Crippen molar-refractivity contribution in [2.75, 3.05) is 7.11 Å². The predicted octanol–water partition coefficient (Wildman–Crippen LogP) is 3.02. The lowest BCUT2D eigenvalue weighted by atomic mass is 10.0. The number of aromatic nitrogens is 1. The summed E-state index contributed by atoms with van der Waals surface area (Å²) in [6.45, 7) is 1.96. The van der Waals surface area contributed by atoms with Gasteiger partial charge in [0.05, 0.1) is 7.11 Å². The molecule has 0 aliphatic rings. The van der Waals surface area contributed by atoms with Gasteiger partial charge in [-0.3, -0.25) is 4.79 Å². The van der Waals surface area contributed by atoms with E-state index in [2.05, 4.69) is 0 Å². The van der Waals surface area contributed by atoms with Crippen LogP contribution in [0.25, 0.3) is 11.1 Å². The molecular weight excluding hydrogens is 250 g/mol. The molecule has 94 valence electrons. The van der Waals surface area contributed by atoms with Crippen LogP contribution in [0.15, 0.2) is 35.1 Å². The van der Waals surface area contributed by atoms with Crippen LogP contribution >= 0.6 is 11.6 Å². The lowest BCUT2D eigenvalue weighted by molar-refractivity contribution is 0.412. The van der Waals surface area contributed by atoms with Crippen LogP contribution in [0.1, 0.15) is 5.56 Å². The Morgan fingerprint density at radius 1 is 1.17 bits per heavy atom. The van der Waals surface area contributed by atoms with E-state index in [-0.39, 0.29) is 5.56 Å². The first-order valence-electron chi connectivity index (χ1n) is 5.54. The molecular formula is C14H14ClNO2. The van der Waals surface area contributed by atoms with Gasteiger partial charge in [0.1, 0.15) is 10.9 Å². The summed E-state index contributed by atoms with van der Waals surface area (Å²) < 4.78 is 6.61. The molecule has 2 rings (SSSR count). The van der Waals surface area contributed by atoms with Crippen molar-refractivity contribution >= 4 is 11.6 Å². The van der Waals surface area contributed by atoms with Crippen LogP contribution in [-0.2, 0) is 7.05 Å². The molecule has 1 heterocycles. The van der Waals surface area contributed by atoms with E-state index in [0.29, 0.717) is 5.15 Å². The maximum absolute atomic E-state index is 11.7. The minimum Gasteiger partial charge on any atom is -0.496 e. The molecule has 0 atom stereocenters. The van der Waals surface area contributed by atoms with Gasteiger partial charge in [0.25, 0.3) is 5.56 Å².